The second-order valence-electron chi connectivity index (χ2n) is 6.50. The molecule has 2 N–H and O–H groups in total. The average molecular weight is 360 g/mol. The second kappa shape index (κ2) is 7.03. The Morgan fingerprint density at radius 1 is 1.22 bits per heavy atom. The molecule has 3 heterocycles. The van der Waals surface area contributed by atoms with Crippen molar-refractivity contribution in [2.75, 3.05) is 6.54 Å². The molecule has 1 aromatic carbocycles. The number of imidazole rings is 1. The number of nitrogens with zero attached hydrogens (tertiary/aromatic N) is 4. The average Bonchev–Trinajstić information content (AvgIpc) is 3.32. The highest BCUT2D eigenvalue weighted by molar-refractivity contribution is 5.93. The number of benzene rings is 1. The molecule has 0 fully saturated rings. The fourth-order valence-corrected chi connectivity index (χ4v) is 2.90. The van der Waals surface area contributed by atoms with E-state index in [0.29, 0.717) is 24.3 Å². The third-order valence-electron chi connectivity index (χ3n) is 4.54. The lowest BCUT2D eigenvalue weighted by Crippen LogP contribution is -2.26. The largest absolute Gasteiger partial charge is 0.352 e. The van der Waals surface area contributed by atoms with Crippen molar-refractivity contribution in [2.45, 2.75) is 20.3 Å². The molecule has 0 saturated carbocycles. The van der Waals surface area contributed by atoms with Gasteiger partial charge in [-0.15, -0.1) is 0 Å². The van der Waals surface area contributed by atoms with Gasteiger partial charge in [-0.25, -0.2) is 14.6 Å². The third kappa shape index (κ3) is 3.57. The van der Waals surface area contributed by atoms with Gasteiger partial charge >= 0.3 is 0 Å². The van der Waals surface area contributed by atoms with Crippen molar-refractivity contribution >= 4 is 16.9 Å². The number of H-pyrrole nitrogens is 1. The van der Waals surface area contributed by atoms with E-state index in [1.54, 1.807) is 35.4 Å². The van der Waals surface area contributed by atoms with Gasteiger partial charge in [-0.2, -0.15) is 5.10 Å². The minimum atomic E-state index is -0.155. The highest BCUT2D eigenvalue weighted by Crippen LogP contribution is 2.17. The maximum Gasteiger partial charge on any atom is 0.252 e. The Morgan fingerprint density at radius 2 is 2.07 bits per heavy atom. The zero-order valence-corrected chi connectivity index (χ0v) is 15.2. The Bertz CT molecular complexity index is 1040. The summed E-state index contributed by atoms with van der Waals surface area (Å²) < 4.78 is 1.65. The van der Waals surface area contributed by atoms with Gasteiger partial charge in [-0.3, -0.25) is 4.79 Å². The molecule has 0 saturated heterocycles. The van der Waals surface area contributed by atoms with Gasteiger partial charge in [-0.1, -0.05) is 0 Å². The maximum absolute atomic E-state index is 12.3. The number of fused-ring (bicyclic) bond motifs is 1. The summed E-state index contributed by atoms with van der Waals surface area (Å²) in [7, 11) is 0. The first-order chi connectivity index (χ1) is 13.1. The van der Waals surface area contributed by atoms with Crippen LogP contribution in [0.3, 0.4) is 0 Å². The fraction of sp³-hybridized carbons (Fsp3) is 0.200. The zero-order valence-electron chi connectivity index (χ0n) is 15.2. The molecule has 0 radical (unpaired) electrons. The predicted molar refractivity (Wildman–Crippen MR) is 103 cm³/mol. The third-order valence-corrected chi connectivity index (χ3v) is 4.54. The van der Waals surface area contributed by atoms with Crippen LogP contribution in [0.1, 0.15) is 27.3 Å². The quantitative estimate of drug-likeness (QED) is 0.573. The van der Waals surface area contributed by atoms with Gasteiger partial charge in [0.25, 0.3) is 5.91 Å². The van der Waals surface area contributed by atoms with E-state index in [4.69, 9.17) is 0 Å². The summed E-state index contributed by atoms with van der Waals surface area (Å²) in [5.41, 5.74) is 4.95. The van der Waals surface area contributed by atoms with Gasteiger partial charge in [0.1, 0.15) is 5.82 Å². The summed E-state index contributed by atoms with van der Waals surface area (Å²) in [4.78, 5) is 24.5. The van der Waals surface area contributed by atoms with Gasteiger partial charge in [-0.05, 0) is 55.3 Å². The molecule has 0 unspecified atom stereocenters. The molecule has 0 aliphatic heterocycles. The first-order valence-electron chi connectivity index (χ1n) is 8.80. The molecule has 0 atom stereocenters. The molecule has 4 aromatic rings. The van der Waals surface area contributed by atoms with Crippen LogP contribution in [0.5, 0.6) is 0 Å². The van der Waals surface area contributed by atoms with E-state index in [1.807, 2.05) is 6.07 Å². The molecule has 0 bridgehead atoms. The van der Waals surface area contributed by atoms with Crippen LogP contribution in [0.4, 0.5) is 0 Å². The molecule has 136 valence electrons. The summed E-state index contributed by atoms with van der Waals surface area (Å²) in [5.74, 6) is 1.38. The van der Waals surface area contributed by atoms with Gasteiger partial charge in [0.05, 0.1) is 16.6 Å². The summed E-state index contributed by atoms with van der Waals surface area (Å²) in [6.45, 7) is 4.66. The highest BCUT2D eigenvalue weighted by Gasteiger charge is 2.08. The lowest BCUT2D eigenvalue weighted by Gasteiger charge is -2.05. The van der Waals surface area contributed by atoms with Crippen LogP contribution in [-0.4, -0.2) is 37.2 Å². The number of aryl methyl sites for hydroxylation is 2. The van der Waals surface area contributed by atoms with Crippen LogP contribution in [0.2, 0.25) is 0 Å². The topological polar surface area (TPSA) is 88.5 Å². The number of carbonyl (C=O) groups is 1. The van der Waals surface area contributed by atoms with E-state index in [2.05, 4.69) is 51.3 Å². The number of aromatic nitrogens is 5. The summed E-state index contributed by atoms with van der Waals surface area (Å²) in [6, 6.07) is 9.52. The van der Waals surface area contributed by atoms with E-state index in [-0.39, 0.29) is 5.91 Å². The molecule has 7 heteroatoms. The molecule has 3 aromatic heterocycles. The monoisotopic (exact) mass is 360 g/mol. The van der Waals surface area contributed by atoms with E-state index in [1.165, 1.54) is 11.1 Å². The summed E-state index contributed by atoms with van der Waals surface area (Å²) in [6.07, 6.45) is 5.68. The van der Waals surface area contributed by atoms with E-state index >= 15 is 0 Å². The Labute approximate surface area is 156 Å². The van der Waals surface area contributed by atoms with Crippen LogP contribution in [-0.2, 0) is 6.42 Å². The minimum absolute atomic E-state index is 0.155. The zero-order chi connectivity index (χ0) is 18.8. The number of pyridine rings is 1. The number of aromatic amines is 1. The lowest BCUT2D eigenvalue weighted by molar-refractivity contribution is 0.0953. The van der Waals surface area contributed by atoms with Crippen molar-refractivity contribution < 1.29 is 4.79 Å². The van der Waals surface area contributed by atoms with Crippen LogP contribution in [0.25, 0.3) is 16.9 Å². The molecular formula is C20H20N6O. The van der Waals surface area contributed by atoms with Crippen LogP contribution < -0.4 is 5.32 Å². The second-order valence-corrected chi connectivity index (χ2v) is 6.50. The molecule has 0 spiro atoms. The molecule has 0 aliphatic carbocycles. The Balaban J connectivity index is 1.36. The first-order valence-corrected chi connectivity index (χ1v) is 8.80. The van der Waals surface area contributed by atoms with Gasteiger partial charge in [0.15, 0.2) is 5.82 Å². The SMILES string of the molecule is Cc1cc2nc(CCNC(=O)c3ccc(-n4cccn4)nc3)[nH]c2cc1C. The Morgan fingerprint density at radius 3 is 2.81 bits per heavy atom. The summed E-state index contributed by atoms with van der Waals surface area (Å²) >= 11 is 0. The number of nitrogens with one attached hydrogen (secondary N) is 2. The standard InChI is InChI=1S/C20H20N6O/c1-13-10-16-17(11-14(13)2)25-18(24-16)6-8-21-20(27)15-4-5-19(22-12-15)26-9-3-7-23-26/h3-5,7,9-12H,6,8H2,1-2H3,(H,21,27)(H,24,25). The number of hydrogen-bond donors (Lipinski definition) is 2. The predicted octanol–water partition coefficient (Wildman–Crippen LogP) is 2.73. The maximum atomic E-state index is 12.3. The molecule has 7 nitrogen and oxygen atoms in total. The number of hydrogen-bond acceptors (Lipinski definition) is 4. The number of amides is 1. The number of carbonyl (C=O) groups excluding carboxylic acids is 1. The van der Waals surface area contributed by atoms with Gasteiger partial charge in [0, 0.05) is 31.6 Å². The fourth-order valence-electron chi connectivity index (χ4n) is 2.90. The van der Waals surface area contributed by atoms with E-state index in [9.17, 15) is 4.79 Å². The summed E-state index contributed by atoms with van der Waals surface area (Å²) in [5, 5.41) is 7.02. The van der Waals surface area contributed by atoms with Crippen molar-refractivity contribution in [2.24, 2.45) is 0 Å². The lowest BCUT2D eigenvalue weighted by atomic mass is 10.1. The van der Waals surface area contributed by atoms with Gasteiger partial charge in [0.2, 0.25) is 0 Å². The van der Waals surface area contributed by atoms with Crippen molar-refractivity contribution in [1.82, 2.24) is 30.0 Å². The molecule has 0 aliphatic rings. The van der Waals surface area contributed by atoms with E-state index in [0.717, 1.165) is 16.9 Å². The van der Waals surface area contributed by atoms with Gasteiger partial charge < -0.3 is 10.3 Å². The normalized spacial score (nSPS) is 11.0. The van der Waals surface area contributed by atoms with Crippen molar-refractivity contribution in [3.63, 3.8) is 0 Å². The van der Waals surface area contributed by atoms with Crippen LogP contribution >= 0.6 is 0 Å². The molecule has 1 amide bonds. The van der Waals surface area contributed by atoms with Crippen molar-refractivity contribution in [3.8, 4) is 5.82 Å². The smallest absolute Gasteiger partial charge is 0.252 e. The van der Waals surface area contributed by atoms with E-state index < -0.39 is 0 Å². The highest BCUT2D eigenvalue weighted by atomic mass is 16.1. The molecule has 27 heavy (non-hydrogen) atoms. The first kappa shape index (κ1) is 17.0. The Kier molecular flexibility index (Phi) is 4.42. The molecule has 4 rings (SSSR count). The number of rotatable bonds is 5. The van der Waals surface area contributed by atoms with Crippen molar-refractivity contribution in [3.05, 3.63) is 71.4 Å². The van der Waals surface area contributed by atoms with Crippen LogP contribution in [0, 0.1) is 13.8 Å². The van der Waals surface area contributed by atoms with Crippen molar-refractivity contribution in [1.29, 1.82) is 0 Å². The Hall–Kier alpha value is -3.48. The van der Waals surface area contributed by atoms with Crippen LogP contribution in [0.15, 0.2) is 48.9 Å². The minimum Gasteiger partial charge on any atom is -0.352 e. The molecular weight excluding hydrogens is 340 g/mol.